The summed E-state index contributed by atoms with van der Waals surface area (Å²) in [5.41, 5.74) is 1.93. The Morgan fingerprint density at radius 1 is 0.848 bits per heavy atom. The number of rotatable bonds is 8. The number of carbonyl (C=O) groups excluding carboxylic acids is 2. The molecule has 1 aliphatic carbocycles. The maximum absolute atomic E-state index is 12.9. The minimum atomic E-state index is -3.84. The van der Waals surface area contributed by atoms with Crippen LogP contribution in [0.1, 0.15) is 52.1 Å². The molecule has 0 heterocycles. The first-order valence-corrected chi connectivity index (χ1v) is 12.2. The lowest BCUT2D eigenvalue weighted by molar-refractivity contribution is 0.0949. The standard InChI is InChI=1S/C25H25N3O4S/c1-17(18-7-3-2-4-8-18)28-33(31,32)23-12-6-10-20(16-23)25(30)27-22-11-5-9-19(15-22)24(29)26-21-13-14-21/h2-12,15-17,21,28H,13-14H2,1H3,(H,26,29)(H,27,30)/t17-/m0/s1. The van der Waals surface area contributed by atoms with E-state index in [4.69, 9.17) is 0 Å². The predicted octanol–water partition coefficient (Wildman–Crippen LogP) is 3.87. The summed E-state index contributed by atoms with van der Waals surface area (Å²) in [6, 6.07) is 21.5. The van der Waals surface area contributed by atoms with Crippen LogP contribution in [0.5, 0.6) is 0 Å². The minimum absolute atomic E-state index is 0.00417. The molecule has 4 rings (SSSR count). The molecule has 0 aromatic heterocycles. The van der Waals surface area contributed by atoms with E-state index >= 15 is 0 Å². The number of amides is 2. The maximum atomic E-state index is 12.9. The van der Waals surface area contributed by atoms with E-state index < -0.39 is 22.0 Å². The fourth-order valence-electron chi connectivity index (χ4n) is 3.35. The summed E-state index contributed by atoms with van der Waals surface area (Å²) in [6.45, 7) is 1.76. The van der Waals surface area contributed by atoms with Gasteiger partial charge in [0.05, 0.1) is 4.90 Å². The van der Waals surface area contributed by atoms with E-state index in [2.05, 4.69) is 15.4 Å². The van der Waals surface area contributed by atoms with Crippen LogP contribution in [0, 0.1) is 0 Å². The lowest BCUT2D eigenvalue weighted by atomic mass is 10.1. The molecule has 1 atom stereocenters. The van der Waals surface area contributed by atoms with Gasteiger partial charge in [0.25, 0.3) is 11.8 Å². The zero-order valence-corrected chi connectivity index (χ0v) is 18.9. The molecule has 0 saturated heterocycles. The van der Waals surface area contributed by atoms with Gasteiger partial charge in [-0.3, -0.25) is 9.59 Å². The first-order valence-electron chi connectivity index (χ1n) is 10.7. The highest BCUT2D eigenvalue weighted by atomic mass is 32.2. The van der Waals surface area contributed by atoms with Crippen molar-refractivity contribution in [1.82, 2.24) is 10.0 Å². The molecule has 7 nitrogen and oxygen atoms in total. The third kappa shape index (κ3) is 5.85. The Hall–Kier alpha value is -3.49. The monoisotopic (exact) mass is 463 g/mol. The van der Waals surface area contributed by atoms with Crippen molar-refractivity contribution in [2.24, 2.45) is 0 Å². The van der Waals surface area contributed by atoms with Crippen molar-refractivity contribution in [3.8, 4) is 0 Å². The van der Waals surface area contributed by atoms with E-state index in [0.717, 1.165) is 18.4 Å². The third-order valence-electron chi connectivity index (χ3n) is 5.33. The van der Waals surface area contributed by atoms with Gasteiger partial charge in [0.2, 0.25) is 10.0 Å². The smallest absolute Gasteiger partial charge is 0.255 e. The predicted molar refractivity (Wildman–Crippen MR) is 127 cm³/mol. The molecular formula is C25H25N3O4S. The second-order valence-electron chi connectivity index (χ2n) is 8.06. The molecule has 3 aromatic carbocycles. The van der Waals surface area contributed by atoms with E-state index in [0.29, 0.717) is 11.3 Å². The topological polar surface area (TPSA) is 104 Å². The molecule has 3 N–H and O–H groups in total. The van der Waals surface area contributed by atoms with Crippen LogP contribution in [0.25, 0.3) is 0 Å². The Morgan fingerprint density at radius 3 is 2.21 bits per heavy atom. The summed E-state index contributed by atoms with van der Waals surface area (Å²) in [4.78, 5) is 25.0. The summed E-state index contributed by atoms with van der Waals surface area (Å²) in [5.74, 6) is -0.650. The number of benzene rings is 3. The Morgan fingerprint density at radius 2 is 1.52 bits per heavy atom. The molecule has 1 aliphatic rings. The number of hydrogen-bond donors (Lipinski definition) is 3. The normalized spacial score (nSPS) is 14.3. The summed E-state index contributed by atoms with van der Waals surface area (Å²) < 4.78 is 28.4. The zero-order chi connectivity index (χ0) is 23.4. The Bertz CT molecular complexity index is 1270. The highest BCUT2D eigenvalue weighted by molar-refractivity contribution is 7.89. The summed E-state index contributed by atoms with van der Waals surface area (Å²) in [7, 11) is -3.84. The molecule has 8 heteroatoms. The number of nitrogens with one attached hydrogen (secondary N) is 3. The highest BCUT2D eigenvalue weighted by Crippen LogP contribution is 2.21. The number of hydrogen-bond acceptors (Lipinski definition) is 4. The van der Waals surface area contributed by atoms with Crippen molar-refractivity contribution < 1.29 is 18.0 Å². The van der Waals surface area contributed by atoms with Crippen molar-refractivity contribution in [2.75, 3.05) is 5.32 Å². The quantitative estimate of drug-likeness (QED) is 0.472. The average molecular weight is 464 g/mol. The first-order chi connectivity index (χ1) is 15.8. The van der Waals surface area contributed by atoms with Crippen molar-refractivity contribution in [2.45, 2.75) is 36.7 Å². The molecule has 1 fully saturated rings. The van der Waals surface area contributed by atoms with Gasteiger partial charge < -0.3 is 10.6 Å². The highest BCUT2D eigenvalue weighted by Gasteiger charge is 2.24. The van der Waals surface area contributed by atoms with Gasteiger partial charge in [-0.05, 0) is 61.7 Å². The Kier molecular flexibility index (Phi) is 6.57. The van der Waals surface area contributed by atoms with Gasteiger partial charge in [-0.15, -0.1) is 0 Å². The number of sulfonamides is 1. The number of carbonyl (C=O) groups is 2. The molecule has 0 unspecified atom stereocenters. The van der Waals surface area contributed by atoms with E-state index in [9.17, 15) is 18.0 Å². The molecular weight excluding hydrogens is 438 g/mol. The lowest BCUT2D eigenvalue weighted by Crippen LogP contribution is -2.27. The first kappa shape index (κ1) is 22.7. The number of anilines is 1. The third-order valence-corrected chi connectivity index (χ3v) is 6.87. The van der Waals surface area contributed by atoms with Gasteiger partial charge in [0.15, 0.2) is 0 Å². The summed E-state index contributed by atoms with van der Waals surface area (Å²) >= 11 is 0. The second kappa shape index (κ2) is 9.56. The van der Waals surface area contributed by atoms with Crippen LogP contribution >= 0.6 is 0 Å². The largest absolute Gasteiger partial charge is 0.349 e. The summed E-state index contributed by atoms with van der Waals surface area (Å²) in [5, 5.41) is 5.64. The van der Waals surface area contributed by atoms with Crippen LogP contribution in [0.2, 0.25) is 0 Å². The molecule has 170 valence electrons. The van der Waals surface area contributed by atoms with Gasteiger partial charge in [0.1, 0.15) is 0 Å². The van der Waals surface area contributed by atoms with E-state index in [1.165, 1.54) is 18.2 Å². The SMILES string of the molecule is C[C@H](NS(=O)(=O)c1cccc(C(=O)Nc2cccc(C(=O)NC3CC3)c2)c1)c1ccccc1. The molecule has 3 aromatic rings. The summed E-state index contributed by atoms with van der Waals surface area (Å²) in [6.07, 6.45) is 1.97. The Balaban J connectivity index is 1.47. The molecule has 1 saturated carbocycles. The van der Waals surface area contributed by atoms with Crippen LogP contribution in [-0.2, 0) is 10.0 Å². The van der Waals surface area contributed by atoms with Crippen molar-refractivity contribution >= 4 is 27.5 Å². The van der Waals surface area contributed by atoms with Gasteiger partial charge in [-0.25, -0.2) is 13.1 Å². The van der Waals surface area contributed by atoms with E-state index in [-0.39, 0.29) is 22.4 Å². The maximum Gasteiger partial charge on any atom is 0.255 e. The molecule has 2 amide bonds. The van der Waals surface area contributed by atoms with Gasteiger partial charge in [-0.1, -0.05) is 42.5 Å². The molecule has 0 aliphatic heterocycles. The Labute approximate surface area is 193 Å². The van der Waals surface area contributed by atoms with Crippen LogP contribution in [0.3, 0.4) is 0 Å². The fraction of sp³-hybridized carbons (Fsp3) is 0.200. The van der Waals surface area contributed by atoms with Crippen LogP contribution in [0.4, 0.5) is 5.69 Å². The van der Waals surface area contributed by atoms with E-state index in [1.54, 1.807) is 37.3 Å². The van der Waals surface area contributed by atoms with E-state index in [1.807, 2.05) is 30.3 Å². The van der Waals surface area contributed by atoms with Crippen molar-refractivity contribution in [3.05, 3.63) is 95.6 Å². The van der Waals surface area contributed by atoms with Gasteiger partial charge >= 0.3 is 0 Å². The second-order valence-corrected chi connectivity index (χ2v) is 9.78. The van der Waals surface area contributed by atoms with Crippen molar-refractivity contribution in [3.63, 3.8) is 0 Å². The molecule has 0 radical (unpaired) electrons. The van der Waals surface area contributed by atoms with Crippen LogP contribution < -0.4 is 15.4 Å². The zero-order valence-electron chi connectivity index (χ0n) is 18.1. The van der Waals surface area contributed by atoms with Gasteiger partial charge in [-0.2, -0.15) is 0 Å². The minimum Gasteiger partial charge on any atom is -0.349 e. The van der Waals surface area contributed by atoms with Crippen LogP contribution in [0.15, 0.2) is 83.8 Å². The van der Waals surface area contributed by atoms with Crippen molar-refractivity contribution in [1.29, 1.82) is 0 Å². The molecule has 0 spiro atoms. The van der Waals surface area contributed by atoms with Gasteiger partial charge in [0, 0.05) is 28.9 Å². The fourth-order valence-corrected chi connectivity index (χ4v) is 4.63. The lowest BCUT2D eigenvalue weighted by Gasteiger charge is -2.15. The molecule has 33 heavy (non-hydrogen) atoms. The van der Waals surface area contributed by atoms with Crippen LogP contribution in [-0.4, -0.2) is 26.3 Å². The average Bonchev–Trinajstić information content (AvgIpc) is 3.63. The molecule has 0 bridgehead atoms.